The molecule has 0 heterocycles. The Hall–Kier alpha value is -2.54. The van der Waals surface area contributed by atoms with Crippen LogP contribution >= 0.6 is 0 Å². The van der Waals surface area contributed by atoms with E-state index in [1.165, 1.54) is 0 Å². The van der Waals surface area contributed by atoms with Gasteiger partial charge in [0.05, 0.1) is 0 Å². The molecule has 0 amide bonds. The summed E-state index contributed by atoms with van der Waals surface area (Å²) in [5.41, 5.74) is 0. The average molecular weight is 337 g/mol. The van der Waals surface area contributed by atoms with Gasteiger partial charge in [-0.25, -0.2) is 14.4 Å². The summed E-state index contributed by atoms with van der Waals surface area (Å²) in [7, 11) is 0. The number of carboxylic acid groups (broad SMARTS) is 6. The van der Waals surface area contributed by atoms with E-state index in [1.807, 2.05) is 0 Å². The summed E-state index contributed by atoms with van der Waals surface area (Å²) in [4.78, 5) is 54.1. The summed E-state index contributed by atoms with van der Waals surface area (Å²) in [5, 5.41) is 49.0. The van der Waals surface area contributed by atoms with Gasteiger partial charge in [-0.05, 0) is 0 Å². The van der Waals surface area contributed by atoms with Crippen LogP contribution in [-0.4, -0.2) is 70.9 Å². The monoisotopic (exact) mass is 336 g/mol. The molecule has 0 bridgehead atoms. The maximum Gasteiger partial charge on any atom is 0.351 e. The summed E-state index contributed by atoms with van der Waals surface area (Å²) in [6, 6.07) is 0. The van der Waals surface area contributed by atoms with E-state index in [0.717, 1.165) is 0 Å². The molecule has 0 atom stereocenters. The normalized spacial score (nSPS) is 6.95. The third-order valence-electron chi connectivity index (χ3n) is 0.524. The maximum atomic E-state index is 9.04. The van der Waals surface area contributed by atoms with Gasteiger partial charge in [0.15, 0.2) is 17.9 Å². The molecule has 3 radical (unpaired) electrons. The van der Waals surface area contributed by atoms with Gasteiger partial charge in [0.1, 0.15) is 0 Å². The number of carbonyl (C=O) groups is 6. The van der Waals surface area contributed by atoms with Crippen LogP contribution < -0.4 is 15.3 Å². The van der Waals surface area contributed by atoms with Gasteiger partial charge in [-0.2, -0.15) is 0 Å². The summed E-state index contributed by atoms with van der Waals surface area (Å²) >= 11 is 0. The van der Waals surface area contributed by atoms with E-state index >= 15 is 0 Å². The van der Waals surface area contributed by atoms with E-state index in [2.05, 4.69) is 0 Å². The van der Waals surface area contributed by atoms with E-state index in [1.54, 1.807) is 0 Å². The van der Waals surface area contributed by atoms with Crippen LogP contribution in [0.2, 0.25) is 0 Å². The molecule has 3 N–H and O–H groups in total. The van der Waals surface area contributed by atoms with Crippen molar-refractivity contribution in [2.75, 3.05) is 0 Å². The Kier molecular flexibility index (Phi) is 18.0. The zero-order valence-corrected chi connectivity index (χ0v) is 11.0. The molecule has 13 heteroatoms. The number of carbonyl (C=O) groups excluding carboxylic acids is 3. The van der Waals surface area contributed by atoms with Crippen molar-refractivity contribution < 1.29 is 59.4 Å². The molecule has 0 saturated heterocycles. The maximum absolute atomic E-state index is 9.04. The second-order valence-electron chi connectivity index (χ2n) is 1.78. The third kappa shape index (κ3) is 31.3. The zero-order valence-electron chi connectivity index (χ0n) is 8.59. The van der Waals surface area contributed by atoms with Crippen molar-refractivity contribution in [3.05, 3.63) is 0 Å². The van der Waals surface area contributed by atoms with Crippen LogP contribution in [0.5, 0.6) is 0 Å². The SMILES string of the molecule is O=C([O-])C(=O)O.O=C([O-])C(=O)O.O=C([O-])C(=O)O.[Ga]. The van der Waals surface area contributed by atoms with E-state index in [0.29, 0.717) is 0 Å². The Bertz CT molecular complexity index is 277. The average Bonchev–Trinajstić information content (AvgIpc) is 2.18. The molecule has 0 aromatic rings. The van der Waals surface area contributed by atoms with E-state index in [4.69, 9.17) is 59.4 Å². The van der Waals surface area contributed by atoms with Crippen molar-refractivity contribution in [1.29, 1.82) is 0 Å². The molecule has 0 rings (SSSR count). The van der Waals surface area contributed by atoms with Crippen LogP contribution in [0.4, 0.5) is 0 Å². The molecular weight excluding hydrogens is 334 g/mol. The van der Waals surface area contributed by atoms with Crippen molar-refractivity contribution >= 4 is 55.6 Å². The van der Waals surface area contributed by atoms with Gasteiger partial charge in [-0.1, -0.05) is 0 Å². The van der Waals surface area contributed by atoms with Gasteiger partial charge in [0.25, 0.3) is 0 Å². The molecule has 0 aliphatic carbocycles. The fraction of sp³-hybridized carbons (Fsp3) is 0. The standard InChI is InChI=1S/3C2H2O4.Ga/c3*3-1(4)2(5)6;/h3*(H,3,4)(H,5,6);/p-3. The van der Waals surface area contributed by atoms with Crippen LogP contribution in [0.1, 0.15) is 0 Å². The summed E-state index contributed by atoms with van der Waals surface area (Å²) in [5.74, 6) is -12.0. The largest absolute Gasteiger partial charge is 0.539 e. The van der Waals surface area contributed by atoms with E-state index in [9.17, 15) is 0 Å². The van der Waals surface area contributed by atoms with Crippen molar-refractivity contribution in [2.45, 2.75) is 0 Å². The van der Waals surface area contributed by atoms with E-state index in [-0.39, 0.29) is 19.8 Å². The third-order valence-corrected chi connectivity index (χ3v) is 0.524. The zero-order chi connectivity index (χ0) is 15.5. The van der Waals surface area contributed by atoms with Gasteiger partial charge in [-0.3, -0.25) is 0 Å². The van der Waals surface area contributed by atoms with E-state index < -0.39 is 35.8 Å². The fourth-order valence-electron chi connectivity index (χ4n) is 0. The Morgan fingerprint density at radius 2 is 0.579 bits per heavy atom. The Balaban J connectivity index is -0.0000000865. The Labute approximate surface area is 115 Å². The number of aliphatic carboxylic acids is 6. The quantitative estimate of drug-likeness (QED) is 0.276. The second kappa shape index (κ2) is 13.5. The minimum Gasteiger partial charge on any atom is -0.539 e. The summed E-state index contributed by atoms with van der Waals surface area (Å²) in [6.07, 6.45) is 0. The van der Waals surface area contributed by atoms with Crippen LogP contribution in [0.3, 0.4) is 0 Å². The molecule has 0 aromatic carbocycles. The smallest absolute Gasteiger partial charge is 0.351 e. The first-order valence-electron chi connectivity index (χ1n) is 3.26. The van der Waals surface area contributed by atoms with Gasteiger partial charge < -0.3 is 45.0 Å². The van der Waals surface area contributed by atoms with Crippen molar-refractivity contribution in [3.8, 4) is 0 Å². The van der Waals surface area contributed by atoms with Crippen molar-refractivity contribution in [3.63, 3.8) is 0 Å². The first kappa shape index (κ1) is 25.3. The predicted octanol–water partition coefficient (Wildman–Crippen LogP) is -6.92. The summed E-state index contributed by atoms with van der Waals surface area (Å²) in [6.45, 7) is 0. The number of carboxylic acids is 6. The minimum absolute atomic E-state index is 0. The molecule has 105 valence electrons. The van der Waals surface area contributed by atoms with Gasteiger partial charge in [0, 0.05) is 19.8 Å². The molecule has 12 nitrogen and oxygen atoms in total. The molecule has 0 spiro atoms. The second-order valence-corrected chi connectivity index (χ2v) is 1.78. The van der Waals surface area contributed by atoms with Crippen molar-refractivity contribution in [1.82, 2.24) is 0 Å². The number of hydrogen-bond donors (Lipinski definition) is 3. The topological polar surface area (TPSA) is 232 Å². The van der Waals surface area contributed by atoms with Crippen LogP contribution in [0, 0.1) is 0 Å². The van der Waals surface area contributed by atoms with Crippen LogP contribution in [0.15, 0.2) is 0 Å². The molecule has 0 aromatic heterocycles. The molecule has 0 aliphatic rings. The Morgan fingerprint density at radius 3 is 0.579 bits per heavy atom. The first-order chi connectivity index (χ1) is 7.93. The van der Waals surface area contributed by atoms with Crippen LogP contribution in [0.25, 0.3) is 0 Å². The molecular formula is C6H3GaO12-3. The molecule has 0 unspecified atom stereocenters. The summed E-state index contributed by atoms with van der Waals surface area (Å²) < 4.78 is 0. The minimum atomic E-state index is -2.07. The predicted molar refractivity (Wildman–Crippen MR) is 43.7 cm³/mol. The molecule has 0 fully saturated rings. The Morgan fingerprint density at radius 1 is 0.526 bits per heavy atom. The van der Waals surface area contributed by atoms with Gasteiger partial charge in [0.2, 0.25) is 0 Å². The molecule has 0 saturated carbocycles. The molecule has 0 aliphatic heterocycles. The molecule has 19 heavy (non-hydrogen) atoms. The first-order valence-corrected chi connectivity index (χ1v) is 3.26. The van der Waals surface area contributed by atoms with Gasteiger partial charge in [-0.15, -0.1) is 0 Å². The number of rotatable bonds is 0. The number of hydrogen-bond acceptors (Lipinski definition) is 9. The van der Waals surface area contributed by atoms with Crippen LogP contribution in [-0.2, 0) is 28.8 Å². The van der Waals surface area contributed by atoms with Crippen molar-refractivity contribution in [2.24, 2.45) is 0 Å². The fourth-order valence-corrected chi connectivity index (χ4v) is 0. The van der Waals surface area contributed by atoms with Gasteiger partial charge >= 0.3 is 17.9 Å².